The third-order valence-electron chi connectivity index (χ3n) is 5.91. The molecule has 2 aromatic rings. The molecular formula is C25H30O3. The largest absolute Gasteiger partial charge is 0.462 e. The highest BCUT2D eigenvalue weighted by Gasteiger charge is 2.62. The standard InChI is InChI=1S/C25H30O3/c1-19(17-18-27-20(2)26)15-16-23-24(3,4)25(28-23,21-11-7-5-8-12-21)22-13-9-6-10-14-22/h5-14,17,23H,15-16,18H2,1-4H3/b19-17+. The van der Waals surface area contributed by atoms with E-state index in [-0.39, 0.29) is 17.5 Å². The van der Waals surface area contributed by atoms with Crippen molar-refractivity contribution >= 4 is 5.97 Å². The number of hydrogen-bond donors (Lipinski definition) is 0. The van der Waals surface area contributed by atoms with Gasteiger partial charge in [0.1, 0.15) is 12.2 Å². The lowest BCUT2D eigenvalue weighted by molar-refractivity contribution is -0.296. The molecule has 1 heterocycles. The molecule has 148 valence electrons. The Hall–Kier alpha value is -2.39. The van der Waals surface area contributed by atoms with Crippen LogP contribution >= 0.6 is 0 Å². The fourth-order valence-corrected chi connectivity index (χ4v) is 4.26. The molecule has 3 nitrogen and oxygen atoms in total. The fourth-order valence-electron chi connectivity index (χ4n) is 4.26. The normalized spacial score (nSPS) is 20.3. The summed E-state index contributed by atoms with van der Waals surface area (Å²) in [5, 5.41) is 0. The minimum atomic E-state index is -0.435. The molecule has 1 aliphatic rings. The van der Waals surface area contributed by atoms with Crippen LogP contribution in [0, 0.1) is 5.41 Å². The van der Waals surface area contributed by atoms with Crippen molar-refractivity contribution in [3.8, 4) is 0 Å². The SMILES string of the molecule is CC(=O)OC/C=C(\C)CCC1OC(c2ccccc2)(c2ccccc2)C1(C)C. The van der Waals surface area contributed by atoms with E-state index < -0.39 is 5.60 Å². The van der Waals surface area contributed by atoms with Gasteiger partial charge in [0.15, 0.2) is 0 Å². The van der Waals surface area contributed by atoms with Gasteiger partial charge in [0.05, 0.1) is 6.10 Å². The molecule has 1 aliphatic heterocycles. The van der Waals surface area contributed by atoms with Crippen molar-refractivity contribution in [2.75, 3.05) is 6.61 Å². The Bertz CT molecular complexity index is 782. The van der Waals surface area contributed by atoms with Gasteiger partial charge in [0, 0.05) is 12.3 Å². The first-order valence-electron chi connectivity index (χ1n) is 9.96. The van der Waals surface area contributed by atoms with Gasteiger partial charge >= 0.3 is 5.97 Å². The zero-order valence-electron chi connectivity index (χ0n) is 17.3. The van der Waals surface area contributed by atoms with Crippen LogP contribution in [-0.2, 0) is 19.9 Å². The van der Waals surface area contributed by atoms with Gasteiger partial charge in [-0.25, -0.2) is 0 Å². The van der Waals surface area contributed by atoms with E-state index in [4.69, 9.17) is 9.47 Å². The predicted molar refractivity (Wildman–Crippen MR) is 112 cm³/mol. The summed E-state index contributed by atoms with van der Waals surface area (Å²) >= 11 is 0. The summed E-state index contributed by atoms with van der Waals surface area (Å²) in [6, 6.07) is 21.0. The average molecular weight is 379 g/mol. The Kier molecular flexibility index (Phi) is 6.04. The second-order valence-electron chi connectivity index (χ2n) is 8.13. The molecule has 0 amide bonds. The Morgan fingerprint density at radius 3 is 2.00 bits per heavy atom. The number of ether oxygens (including phenoxy) is 2. The van der Waals surface area contributed by atoms with E-state index in [0.717, 1.165) is 12.8 Å². The lowest BCUT2D eigenvalue weighted by Crippen LogP contribution is -2.64. The molecule has 1 atom stereocenters. The minimum Gasteiger partial charge on any atom is -0.462 e. The summed E-state index contributed by atoms with van der Waals surface area (Å²) in [7, 11) is 0. The van der Waals surface area contributed by atoms with E-state index in [1.54, 1.807) is 0 Å². The van der Waals surface area contributed by atoms with Crippen molar-refractivity contribution in [2.24, 2.45) is 5.41 Å². The molecule has 0 aliphatic carbocycles. The van der Waals surface area contributed by atoms with Crippen LogP contribution in [0.2, 0.25) is 0 Å². The van der Waals surface area contributed by atoms with Crippen LogP contribution < -0.4 is 0 Å². The van der Waals surface area contributed by atoms with E-state index in [1.807, 2.05) is 18.2 Å². The summed E-state index contributed by atoms with van der Waals surface area (Å²) in [5.74, 6) is -0.247. The number of hydrogen-bond acceptors (Lipinski definition) is 3. The molecular weight excluding hydrogens is 348 g/mol. The number of carbonyl (C=O) groups excluding carboxylic acids is 1. The van der Waals surface area contributed by atoms with Crippen molar-refractivity contribution in [1.82, 2.24) is 0 Å². The van der Waals surface area contributed by atoms with Crippen LogP contribution in [0.4, 0.5) is 0 Å². The molecule has 28 heavy (non-hydrogen) atoms. The zero-order chi connectivity index (χ0) is 20.2. The molecule has 0 radical (unpaired) electrons. The number of benzene rings is 2. The molecule has 0 spiro atoms. The van der Waals surface area contributed by atoms with Gasteiger partial charge in [-0.15, -0.1) is 0 Å². The van der Waals surface area contributed by atoms with Gasteiger partial charge in [-0.2, -0.15) is 0 Å². The van der Waals surface area contributed by atoms with Crippen LogP contribution in [-0.4, -0.2) is 18.7 Å². The van der Waals surface area contributed by atoms with Gasteiger partial charge in [-0.05, 0) is 37.0 Å². The molecule has 0 bridgehead atoms. The Balaban J connectivity index is 1.78. The Morgan fingerprint density at radius 1 is 1.00 bits per heavy atom. The van der Waals surface area contributed by atoms with Gasteiger partial charge in [0.2, 0.25) is 0 Å². The summed E-state index contributed by atoms with van der Waals surface area (Å²) in [5.41, 5.74) is 3.13. The van der Waals surface area contributed by atoms with Crippen molar-refractivity contribution in [2.45, 2.75) is 52.2 Å². The number of rotatable bonds is 7. The Labute approximate surface area is 168 Å². The molecule has 1 unspecified atom stereocenters. The predicted octanol–water partition coefficient (Wildman–Crippen LogP) is 5.64. The molecule has 1 saturated heterocycles. The van der Waals surface area contributed by atoms with Crippen LogP contribution in [0.1, 0.15) is 51.7 Å². The quantitative estimate of drug-likeness (QED) is 0.462. The smallest absolute Gasteiger partial charge is 0.302 e. The summed E-state index contributed by atoms with van der Waals surface area (Å²) < 4.78 is 11.7. The summed E-state index contributed by atoms with van der Waals surface area (Å²) in [6.07, 6.45) is 4.01. The number of esters is 1. The number of allylic oxidation sites excluding steroid dienone is 1. The topological polar surface area (TPSA) is 35.5 Å². The van der Waals surface area contributed by atoms with Crippen LogP contribution in [0.5, 0.6) is 0 Å². The van der Waals surface area contributed by atoms with E-state index in [0.29, 0.717) is 6.61 Å². The molecule has 2 aromatic carbocycles. The molecule has 1 fully saturated rings. The lowest BCUT2D eigenvalue weighted by Gasteiger charge is -2.62. The molecule has 0 aromatic heterocycles. The zero-order valence-corrected chi connectivity index (χ0v) is 17.3. The van der Waals surface area contributed by atoms with Crippen molar-refractivity contribution in [3.63, 3.8) is 0 Å². The van der Waals surface area contributed by atoms with E-state index in [9.17, 15) is 4.79 Å². The maximum Gasteiger partial charge on any atom is 0.302 e. The Morgan fingerprint density at radius 2 is 1.54 bits per heavy atom. The second-order valence-corrected chi connectivity index (χ2v) is 8.13. The second kappa shape index (κ2) is 8.32. The van der Waals surface area contributed by atoms with E-state index >= 15 is 0 Å². The van der Waals surface area contributed by atoms with Crippen LogP contribution in [0.3, 0.4) is 0 Å². The third kappa shape index (κ3) is 3.77. The summed E-state index contributed by atoms with van der Waals surface area (Å²) in [4.78, 5) is 10.9. The summed E-state index contributed by atoms with van der Waals surface area (Å²) in [6.45, 7) is 8.46. The van der Waals surface area contributed by atoms with Crippen LogP contribution in [0.25, 0.3) is 0 Å². The lowest BCUT2D eigenvalue weighted by atomic mass is 9.58. The third-order valence-corrected chi connectivity index (χ3v) is 5.91. The maximum absolute atomic E-state index is 10.9. The monoisotopic (exact) mass is 378 g/mol. The van der Waals surface area contributed by atoms with E-state index in [1.165, 1.54) is 23.6 Å². The first-order valence-corrected chi connectivity index (χ1v) is 9.96. The molecule has 3 rings (SSSR count). The molecule has 0 N–H and O–H groups in total. The van der Waals surface area contributed by atoms with Gasteiger partial charge in [-0.1, -0.05) is 80.1 Å². The molecule has 0 saturated carbocycles. The minimum absolute atomic E-state index is 0.0497. The van der Waals surface area contributed by atoms with E-state index in [2.05, 4.69) is 69.3 Å². The van der Waals surface area contributed by atoms with Crippen molar-refractivity contribution in [1.29, 1.82) is 0 Å². The van der Waals surface area contributed by atoms with Gasteiger partial charge in [0.25, 0.3) is 0 Å². The average Bonchev–Trinajstić information content (AvgIpc) is 2.68. The molecule has 3 heteroatoms. The highest BCUT2D eigenvalue weighted by Crippen LogP contribution is 2.60. The van der Waals surface area contributed by atoms with Crippen molar-refractivity contribution in [3.05, 3.63) is 83.4 Å². The van der Waals surface area contributed by atoms with Crippen molar-refractivity contribution < 1.29 is 14.3 Å². The fraction of sp³-hybridized carbons (Fsp3) is 0.400. The van der Waals surface area contributed by atoms with Gasteiger partial charge in [-0.3, -0.25) is 4.79 Å². The maximum atomic E-state index is 10.9. The first kappa shape index (κ1) is 20.3. The highest BCUT2D eigenvalue weighted by molar-refractivity contribution is 5.66. The van der Waals surface area contributed by atoms with Gasteiger partial charge < -0.3 is 9.47 Å². The number of carbonyl (C=O) groups is 1. The first-order chi connectivity index (χ1) is 13.4. The highest BCUT2D eigenvalue weighted by atomic mass is 16.5. The van der Waals surface area contributed by atoms with Crippen LogP contribution in [0.15, 0.2) is 72.3 Å².